The van der Waals surface area contributed by atoms with E-state index >= 15 is 0 Å². The van der Waals surface area contributed by atoms with E-state index in [9.17, 15) is 9.18 Å². The molecule has 3 rings (SSSR count). The van der Waals surface area contributed by atoms with Crippen molar-refractivity contribution in [1.82, 2.24) is 15.5 Å². The van der Waals surface area contributed by atoms with Gasteiger partial charge in [-0.15, -0.1) is 0 Å². The molecule has 1 heterocycles. The quantitative estimate of drug-likeness (QED) is 0.714. The lowest BCUT2D eigenvalue weighted by atomic mass is 10.1. The van der Waals surface area contributed by atoms with Crippen LogP contribution in [0.15, 0.2) is 22.7 Å². The fourth-order valence-corrected chi connectivity index (χ4v) is 2.41. The summed E-state index contributed by atoms with van der Waals surface area (Å²) in [4.78, 5) is 16.4. The van der Waals surface area contributed by atoms with Crippen molar-refractivity contribution in [3.63, 3.8) is 0 Å². The van der Waals surface area contributed by atoms with E-state index in [-0.39, 0.29) is 18.4 Å². The third kappa shape index (κ3) is 4.54. The molecule has 1 saturated carbocycles. The zero-order valence-corrected chi connectivity index (χ0v) is 14.0. The number of aromatic nitrogens is 2. The largest absolute Gasteiger partial charge is 0.396 e. The van der Waals surface area contributed by atoms with Gasteiger partial charge in [0.15, 0.2) is 5.82 Å². The second-order valence-corrected chi connectivity index (χ2v) is 6.37. The molecule has 1 unspecified atom stereocenters. The molecule has 0 spiro atoms. The number of nitrogens with one attached hydrogen (secondary N) is 2. The zero-order valence-electron chi connectivity index (χ0n) is 14.0. The van der Waals surface area contributed by atoms with Crippen molar-refractivity contribution in [2.75, 3.05) is 18.5 Å². The molecule has 0 saturated heterocycles. The van der Waals surface area contributed by atoms with Gasteiger partial charge in [-0.1, -0.05) is 12.1 Å². The summed E-state index contributed by atoms with van der Waals surface area (Å²) in [5.41, 5.74) is 0.734. The minimum Gasteiger partial charge on any atom is -0.396 e. The Morgan fingerprint density at radius 3 is 3.00 bits per heavy atom. The van der Waals surface area contributed by atoms with Crippen LogP contribution in [-0.4, -0.2) is 34.4 Å². The van der Waals surface area contributed by atoms with Crippen LogP contribution in [0.3, 0.4) is 0 Å². The molecular weight excluding hydrogens is 327 g/mol. The zero-order chi connectivity index (χ0) is 17.8. The molecule has 2 aromatic rings. The third-order valence-corrected chi connectivity index (χ3v) is 4.08. The number of amides is 2. The SMILES string of the molecule is CC(CCO)CNC(=O)Nc1ccc(F)cc1-c1nc(C2CC2)no1. The smallest absolute Gasteiger partial charge is 0.319 e. The molecule has 1 fully saturated rings. The topological polar surface area (TPSA) is 100 Å². The van der Waals surface area contributed by atoms with Crippen LogP contribution in [0.4, 0.5) is 14.9 Å². The predicted molar refractivity (Wildman–Crippen MR) is 89.6 cm³/mol. The van der Waals surface area contributed by atoms with E-state index in [4.69, 9.17) is 9.63 Å². The molecule has 7 nitrogen and oxygen atoms in total. The van der Waals surface area contributed by atoms with Gasteiger partial charge in [0.25, 0.3) is 5.89 Å². The van der Waals surface area contributed by atoms with Crippen molar-refractivity contribution in [1.29, 1.82) is 0 Å². The Hall–Kier alpha value is -2.48. The molecule has 1 aliphatic carbocycles. The van der Waals surface area contributed by atoms with Crippen molar-refractivity contribution in [3.05, 3.63) is 29.8 Å². The number of aliphatic hydroxyl groups is 1. The van der Waals surface area contributed by atoms with Gasteiger partial charge in [-0.05, 0) is 43.4 Å². The Kier molecular flexibility index (Phi) is 5.28. The monoisotopic (exact) mass is 348 g/mol. The lowest BCUT2D eigenvalue weighted by Gasteiger charge is -2.13. The van der Waals surface area contributed by atoms with Gasteiger partial charge >= 0.3 is 6.03 Å². The number of carbonyl (C=O) groups is 1. The summed E-state index contributed by atoms with van der Waals surface area (Å²) < 4.78 is 18.9. The van der Waals surface area contributed by atoms with Crippen LogP contribution in [0.5, 0.6) is 0 Å². The van der Waals surface area contributed by atoms with Gasteiger partial charge in [-0.25, -0.2) is 9.18 Å². The molecule has 3 N–H and O–H groups in total. The lowest BCUT2D eigenvalue weighted by Crippen LogP contribution is -2.32. The maximum atomic E-state index is 13.6. The highest BCUT2D eigenvalue weighted by molar-refractivity contribution is 5.93. The maximum absolute atomic E-state index is 13.6. The van der Waals surface area contributed by atoms with Crippen LogP contribution >= 0.6 is 0 Å². The normalized spacial score (nSPS) is 15.0. The summed E-state index contributed by atoms with van der Waals surface area (Å²) in [6.07, 6.45) is 2.66. The standard InChI is InChI=1S/C17H21FN4O3/c1-10(6-7-23)9-19-17(24)20-14-5-4-12(18)8-13(14)16-21-15(22-25-16)11-2-3-11/h4-5,8,10-11,23H,2-3,6-7,9H2,1H3,(H2,19,20,24). The predicted octanol–water partition coefficient (Wildman–Crippen LogP) is 2.89. The lowest BCUT2D eigenvalue weighted by molar-refractivity contribution is 0.243. The molecule has 0 radical (unpaired) electrons. The molecule has 0 bridgehead atoms. The van der Waals surface area contributed by atoms with E-state index in [0.29, 0.717) is 36.0 Å². The number of hydrogen-bond donors (Lipinski definition) is 3. The molecule has 1 aromatic carbocycles. The first kappa shape index (κ1) is 17.3. The Morgan fingerprint density at radius 1 is 1.48 bits per heavy atom. The Bertz CT molecular complexity index is 745. The highest BCUT2D eigenvalue weighted by atomic mass is 19.1. The van der Waals surface area contributed by atoms with E-state index in [2.05, 4.69) is 20.8 Å². The minimum atomic E-state index is -0.455. The fourth-order valence-electron chi connectivity index (χ4n) is 2.41. The minimum absolute atomic E-state index is 0.0765. The first-order valence-electron chi connectivity index (χ1n) is 8.36. The Labute approximate surface area is 144 Å². The number of halogens is 1. The van der Waals surface area contributed by atoms with E-state index in [0.717, 1.165) is 12.8 Å². The van der Waals surface area contributed by atoms with Crippen molar-refractivity contribution >= 4 is 11.7 Å². The van der Waals surface area contributed by atoms with Gasteiger partial charge in [0, 0.05) is 19.1 Å². The number of nitrogens with zero attached hydrogens (tertiary/aromatic N) is 2. The second kappa shape index (κ2) is 7.60. The Morgan fingerprint density at radius 2 is 2.28 bits per heavy atom. The van der Waals surface area contributed by atoms with Gasteiger partial charge in [0.2, 0.25) is 0 Å². The van der Waals surface area contributed by atoms with Crippen LogP contribution in [0.2, 0.25) is 0 Å². The number of benzene rings is 1. The summed E-state index contributed by atoms with van der Waals surface area (Å²) in [7, 11) is 0. The number of hydrogen-bond acceptors (Lipinski definition) is 5. The summed E-state index contributed by atoms with van der Waals surface area (Å²) in [5.74, 6) is 0.820. The van der Waals surface area contributed by atoms with Gasteiger partial charge in [0.1, 0.15) is 5.82 Å². The summed E-state index contributed by atoms with van der Waals surface area (Å²) in [6.45, 7) is 2.43. The van der Waals surface area contributed by atoms with Crippen molar-refractivity contribution in [2.24, 2.45) is 5.92 Å². The van der Waals surface area contributed by atoms with Gasteiger partial charge < -0.3 is 20.3 Å². The third-order valence-electron chi connectivity index (χ3n) is 4.08. The second-order valence-electron chi connectivity index (χ2n) is 6.37. The summed E-state index contributed by atoms with van der Waals surface area (Å²) >= 11 is 0. The first-order chi connectivity index (χ1) is 12.1. The first-order valence-corrected chi connectivity index (χ1v) is 8.36. The molecule has 0 aliphatic heterocycles. The molecule has 1 aliphatic rings. The molecule has 1 aromatic heterocycles. The average Bonchev–Trinajstić information content (AvgIpc) is 3.32. The van der Waals surface area contributed by atoms with Crippen LogP contribution in [0, 0.1) is 11.7 Å². The van der Waals surface area contributed by atoms with E-state index in [1.54, 1.807) is 0 Å². The fraction of sp³-hybridized carbons (Fsp3) is 0.471. The van der Waals surface area contributed by atoms with Crippen molar-refractivity contribution in [2.45, 2.75) is 32.1 Å². The van der Waals surface area contributed by atoms with E-state index < -0.39 is 11.8 Å². The molecular formula is C17H21FN4O3. The van der Waals surface area contributed by atoms with E-state index in [1.165, 1.54) is 18.2 Å². The van der Waals surface area contributed by atoms with E-state index in [1.807, 2.05) is 6.92 Å². The summed E-state index contributed by atoms with van der Waals surface area (Å²) in [6, 6.07) is 3.56. The van der Waals surface area contributed by atoms with Crippen LogP contribution < -0.4 is 10.6 Å². The highest BCUT2D eigenvalue weighted by Crippen LogP contribution is 2.39. The average molecular weight is 348 g/mol. The maximum Gasteiger partial charge on any atom is 0.319 e. The van der Waals surface area contributed by atoms with Gasteiger partial charge in [0.05, 0.1) is 11.3 Å². The molecule has 1 atom stereocenters. The van der Waals surface area contributed by atoms with Crippen molar-refractivity contribution < 1.29 is 18.8 Å². The number of anilines is 1. The molecule has 2 amide bonds. The van der Waals surface area contributed by atoms with Gasteiger partial charge in [-0.2, -0.15) is 4.98 Å². The van der Waals surface area contributed by atoms with Crippen LogP contribution in [0.1, 0.15) is 37.9 Å². The highest BCUT2D eigenvalue weighted by Gasteiger charge is 2.29. The number of aliphatic hydroxyl groups excluding tert-OH is 1. The van der Waals surface area contributed by atoms with Gasteiger partial charge in [-0.3, -0.25) is 0 Å². The number of urea groups is 1. The molecule has 25 heavy (non-hydrogen) atoms. The van der Waals surface area contributed by atoms with Crippen molar-refractivity contribution in [3.8, 4) is 11.5 Å². The number of rotatable bonds is 7. The van der Waals surface area contributed by atoms with Crippen LogP contribution in [0.25, 0.3) is 11.5 Å². The number of carbonyl (C=O) groups excluding carboxylic acids is 1. The van der Waals surface area contributed by atoms with Crippen LogP contribution in [-0.2, 0) is 0 Å². The molecule has 134 valence electrons. The molecule has 8 heteroatoms. The Balaban J connectivity index is 1.71. The summed E-state index contributed by atoms with van der Waals surface area (Å²) in [5, 5.41) is 18.2.